The molecular formula is C15H15BrN2O3. The molecule has 0 aliphatic carbocycles. The lowest BCUT2D eigenvalue weighted by Gasteiger charge is -2.09. The minimum Gasteiger partial charge on any atom is -0.497 e. The molecular weight excluding hydrogens is 336 g/mol. The second kappa shape index (κ2) is 6.58. The van der Waals surface area contributed by atoms with Gasteiger partial charge < -0.3 is 15.2 Å². The minimum absolute atomic E-state index is 0.0676. The average Bonchev–Trinajstić information content (AvgIpc) is 2.47. The molecule has 5 nitrogen and oxygen atoms in total. The smallest absolute Gasteiger partial charge is 0.339 e. The second-order valence-electron chi connectivity index (χ2n) is 4.42. The number of nitrogen functional groups attached to an aromatic ring is 1. The molecule has 1 aromatic heterocycles. The number of hydrogen-bond acceptors (Lipinski definition) is 5. The molecule has 0 unspecified atom stereocenters. The summed E-state index contributed by atoms with van der Waals surface area (Å²) in [6, 6.07) is 8.58. The Morgan fingerprint density at radius 1 is 1.38 bits per heavy atom. The molecule has 6 heteroatoms. The van der Waals surface area contributed by atoms with Crippen molar-refractivity contribution in [3.63, 3.8) is 0 Å². The van der Waals surface area contributed by atoms with E-state index in [0.717, 1.165) is 5.69 Å². The zero-order valence-corrected chi connectivity index (χ0v) is 13.3. The van der Waals surface area contributed by atoms with Crippen molar-refractivity contribution in [3.8, 4) is 5.75 Å². The van der Waals surface area contributed by atoms with Crippen molar-refractivity contribution in [2.75, 3.05) is 12.8 Å². The van der Waals surface area contributed by atoms with E-state index in [-0.39, 0.29) is 6.61 Å². The van der Waals surface area contributed by atoms with E-state index in [1.54, 1.807) is 37.4 Å². The number of ether oxygens (including phenoxy) is 2. The third-order valence-electron chi connectivity index (χ3n) is 2.82. The van der Waals surface area contributed by atoms with Crippen LogP contribution < -0.4 is 10.5 Å². The number of benzene rings is 1. The normalized spacial score (nSPS) is 10.2. The maximum Gasteiger partial charge on any atom is 0.339 e. The number of rotatable bonds is 4. The number of halogens is 1. The maximum absolute atomic E-state index is 12.1. The van der Waals surface area contributed by atoms with E-state index in [2.05, 4.69) is 20.9 Å². The summed E-state index contributed by atoms with van der Waals surface area (Å²) in [6.07, 6.45) is 0. The Labute approximate surface area is 131 Å². The predicted molar refractivity (Wildman–Crippen MR) is 83.2 cm³/mol. The van der Waals surface area contributed by atoms with Gasteiger partial charge in [-0.3, -0.25) is 4.98 Å². The first-order valence-electron chi connectivity index (χ1n) is 6.24. The first-order valence-corrected chi connectivity index (χ1v) is 7.03. The van der Waals surface area contributed by atoms with Gasteiger partial charge in [0.2, 0.25) is 0 Å². The van der Waals surface area contributed by atoms with Gasteiger partial charge in [-0.2, -0.15) is 0 Å². The van der Waals surface area contributed by atoms with Crippen molar-refractivity contribution in [3.05, 3.63) is 51.8 Å². The largest absolute Gasteiger partial charge is 0.497 e. The lowest BCUT2D eigenvalue weighted by atomic mass is 10.2. The van der Waals surface area contributed by atoms with Crippen molar-refractivity contribution in [2.24, 2.45) is 0 Å². The van der Waals surface area contributed by atoms with Gasteiger partial charge in [-0.15, -0.1) is 0 Å². The van der Waals surface area contributed by atoms with Crippen LogP contribution in [0.2, 0.25) is 0 Å². The molecule has 0 bridgehead atoms. The molecule has 0 radical (unpaired) electrons. The van der Waals surface area contributed by atoms with Gasteiger partial charge in [0, 0.05) is 23.5 Å². The van der Waals surface area contributed by atoms with E-state index in [9.17, 15) is 4.79 Å². The Morgan fingerprint density at radius 3 is 2.86 bits per heavy atom. The number of anilines is 1. The van der Waals surface area contributed by atoms with Crippen LogP contribution in [0.3, 0.4) is 0 Å². The second-order valence-corrected chi connectivity index (χ2v) is 5.22. The number of hydrogen-bond donors (Lipinski definition) is 1. The summed E-state index contributed by atoms with van der Waals surface area (Å²) in [7, 11) is 1.58. The molecule has 110 valence electrons. The molecule has 1 heterocycles. The van der Waals surface area contributed by atoms with Gasteiger partial charge in [-0.05, 0) is 35.0 Å². The minimum atomic E-state index is -0.462. The molecule has 2 aromatic rings. The number of aromatic nitrogens is 1. The summed E-state index contributed by atoms with van der Waals surface area (Å²) in [5, 5.41) is 0. The molecule has 0 spiro atoms. The maximum atomic E-state index is 12.1. The number of nitrogens with two attached hydrogens (primary N) is 1. The van der Waals surface area contributed by atoms with E-state index in [1.165, 1.54) is 0 Å². The number of esters is 1. The van der Waals surface area contributed by atoms with Crippen molar-refractivity contribution in [1.82, 2.24) is 4.98 Å². The highest BCUT2D eigenvalue weighted by atomic mass is 79.9. The third kappa shape index (κ3) is 3.72. The molecule has 0 amide bonds. The summed E-state index contributed by atoms with van der Waals surface area (Å²) in [5.74, 6) is 0.218. The van der Waals surface area contributed by atoms with Crippen LogP contribution in [0.1, 0.15) is 21.7 Å². The van der Waals surface area contributed by atoms with Crippen LogP contribution in [0.4, 0.5) is 5.69 Å². The fourth-order valence-corrected chi connectivity index (χ4v) is 2.25. The lowest BCUT2D eigenvalue weighted by Crippen LogP contribution is -2.08. The highest BCUT2D eigenvalue weighted by molar-refractivity contribution is 9.10. The summed E-state index contributed by atoms with van der Waals surface area (Å²) < 4.78 is 11.0. The van der Waals surface area contributed by atoms with Gasteiger partial charge in [-0.1, -0.05) is 6.07 Å². The van der Waals surface area contributed by atoms with Crippen molar-refractivity contribution >= 4 is 27.6 Å². The number of carbonyl (C=O) groups excluding carboxylic acids is 1. The Kier molecular flexibility index (Phi) is 4.80. The molecule has 0 atom stereocenters. The van der Waals surface area contributed by atoms with Crippen LogP contribution in [-0.4, -0.2) is 18.1 Å². The average molecular weight is 351 g/mol. The quantitative estimate of drug-likeness (QED) is 0.677. The fraction of sp³-hybridized carbons (Fsp3) is 0.200. The van der Waals surface area contributed by atoms with Crippen molar-refractivity contribution < 1.29 is 14.3 Å². The van der Waals surface area contributed by atoms with Crippen LogP contribution in [0.25, 0.3) is 0 Å². The van der Waals surface area contributed by atoms with Crippen molar-refractivity contribution in [1.29, 1.82) is 0 Å². The van der Waals surface area contributed by atoms with E-state index in [4.69, 9.17) is 15.2 Å². The highest BCUT2D eigenvalue weighted by Crippen LogP contribution is 2.24. The van der Waals surface area contributed by atoms with Crippen LogP contribution in [0.5, 0.6) is 5.75 Å². The van der Waals surface area contributed by atoms with Gasteiger partial charge in [0.25, 0.3) is 0 Å². The summed E-state index contributed by atoms with van der Waals surface area (Å²) in [4.78, 5) is 16.4. The van der Waals surface area contributed by atoms with E-state index in [1.807, 2.05) is 6.92 Å². The standard InChI is InChI=1S/C15H15BrN2O3/c1-9-6-11(20-2)7-10(18-9)8-21-15(19)12-4-3-5-13(17)14(12)16/h3-7H,8,17H2,1-2H3. The molecule has 1 aromatic carbocycles. The molecule has 0 aliphatic rings. The molecule has 2 rings (SSSR count). The van der Waals surface area contributed by atoms with Gasteiger partial charge in [-0.25, -0.2) is 4.79 Å². The molecule has 0 fully saturated rings. The zero-order chi connectivity index (χ0) is 15.4. The zero-order valence-electron chi connectivity index (χ0n) is 11.7. The van der Waals surface area contributed by atoms with E-state index in [0.29, 0.717) is 27.2 Å². The summed E-state index contributed by atoms with van der Waals surface area (Å²) in [5.41, 5.74) is 8.03. The SMILES string of the molecule is COc1cc(C)nc(COC(=O)c2cccc(N)c2Br)c1. The predicted octanol–water partition coefficient (Wildman–Crippen LogP) is 3.10. The Morgan fingerprint density at radius 2 is 2.14 bits per heavy atom. The topological polar surface area (TPSA) is 74.4 Å². The Hall–Kier alpha value is -2.08. The summed E-state index contributed by atoms with van der Waals surface area (Å²) in [6.45, 7) is 1.92. The third-order valence-corrected chi connectivity index (χ3v) is 3.70. The monoisotopic (exact) mass is 350 g/mol. The molecule has 21 heavy (non-hydrogen) atoms. The number of methoxy groups -OCH3 is 1. The van der Waals surface area contributed by atoms with Gasteiger partial charge >= 0.3 is 5.97 Å². The molecule has 2 N–H and O–H groups in total. The van der Waals surface area contributed by atoms with Crippen molar-refractivity contribution in [2.45, 2.75) is 13.5 Å². The highest BCUT2D eigenvalue weighted by Gasteiger charge is 2.14. The van der Waals surface area contributed by atoms with E-state index >= 15 is 0 Å². The lowest BCUT2D eigenvalue weighted by molar-refractivity contribution is 0.0466. The molecule has 0 saturated carbocycles. The Balaban J connectivity index is 2.11. The first-order chi connectivity index (χ1) is 10.0. The number of pyridine rings is 1. The summed E-state index contributed by atoms with van der Waals surface area (Å²) >= 11 is 3.28. The van der Waals surface area contributed by atoms with Gasteiger partial charge in [0.1, 0.15) is 12.4 Å². The first kappa shape index (κ1) is 15.3. The van der Waals surface area contributed by atoms with Gasteiger partial charge in [0.05, 0.1) is 22.8 Å². The van der Waals surface area contributed by atoms with Gasteiger partial charge in [0.15, 0.2) is 0 Å². The van der Waals surface area contributed by atoms with Crippen LogP contribution in [-0.2, 0) is 11.3 Å². The van der Waals surface area contributed by atoms with Crippen LogP contribution in [0, 0.1) is 6.92 Å². The number of nitrogens with zero attached hydrogens (tertiary/aromatic N) is 1. The van der Waals surface area contributed by atoms with Crippen LogP contribution >= 0.6 is 15.9 Å². The van der Waals surface area contributed by atoms with Crippen LogP contribution in [0.15, 0.2) is 34.8 Å². The number of carbonyl (C=O) groups is 1. The van der Waals surface area contributed by atoms with E-state index < -0.39 is 5.97 Å². The fourth-order valence-electron chi connectivity index (χ4n) is 1.82. The molecule has 0 saturated heterocycles. The Bertz CT molecular complexity index is 674. The number of aryl methyl sites for hydroxylation is 1. The molecule has 0 aliphatic heterocycles.